The molecule has 1 aromatic heterocycles. The number of nitrogens with one attached hydrogen (secondary N) is 2. The molecule has 0 spiro atoms. The molecule has 0 radical (unpaired) electrons. The Labute approximate surface area is 206 Å². The van der Waals surface area contributed by atoms with Gasteiger partial charge in [0.25, 0.3) is 5.91 Å². The van der Waals surface area contributed by atoms with Gasteiger partial charge in [0.15, 0.2) is 0 Å². The van der Waals surface area contributed by atoms with Crippen molar-refractivity contribution in [3.05, 3.63) is 113 Å². The van der Waals surface area contributed by atoms with E-state index >= 15 is 0 Å². The molecule has 0 aliphatic rings. The van der Waals surface area contributed by atoms with E-state index in [1.54, 1.807) is 12.1 Å². The molecular formula is C28H21BrN4O. The lowest BCUT2D eigenvalue weighted by molar-refractivity contribution is 0.102. The highest BCUT2D eigenvalue weighted by Crippen LogP contribution is 2.30. The summed E-state index contributed by atoms with van der Waals surface area (Å²) >= 11 is 3.55. The van der Waals surface area contributed by atoms with E-state index < -0.39 is 0 Å². The second kappa shape index (κ2) is 9.45. The molecule has 0 saturated heterocycles. The zero-order valence-electron chi connectivity index (χ0n) is 18.4. The second-order valence-corrected chi connectivity index (χ2v) is 8.86. The first kappa shape index (κ1) is 21.8. The number of fused-ring (bicyclic) bond motifs is 1. The molecule has 0 unspecified atom stereocenters. The van der Waals surface area contributed by atoms with E-state index in [9.17, 15) is 4.79 Å². The molecule has 0 aliphatic heterocycles. The lowest BCUT2D eigenvalue weighted by Crippen LogP contribution is -2.11. The average molecular weight is 509 g/mol. The summed E-state index contributed by atoms with van der Waals surface area (Å²) in [4.78, 5) is 22.1. The number of aromatic nitrogens is 2. The van der Waals surface area contributed by atoms with Crippen LogP contribution in [0.2, 0.25) is 0 Å². The first-order valence-electron chi connectivity index (χ1n) is 10.8. The Morgan fingerprint density at radius 3 is 2.35 bits per heavy atom. The molecule has 0 aliphatic carbocycles. The Morgan fingerprint density at radius 1 is 0.794 bits per heavy atom. The molecule has 0 atom stereocenters. The van der Waals surface area contributed by atoms with Crippen LogP contribution in [0.3, 0.4) is 0 Å². The number of rotatable bonds is 5. The van der Waals surface area contributed by atoms with Crippen molar-refractivity contribution in [3.63, 3.8) is 0 Å². The zero-order chi connectivity index (χ0) is 23.5. The van der Waals surface area contributed by atoms with Crippen LogP contribution >= 0.6 is 15.9 Å². The number of aryl methyl sites for hydroxylation is 1. The van der Waals surface area contributed by atoms with Gasteiger partial charge in [0.05, 0.1) is 11.2 Å². The third kappa shape index (κ3) is 4.82. The molecule has 5 aromatic rings. The third-order valence-electron chi connectivity index (χ3n) is 5.38. The Hall–Kier alpha value is -4.03. The van der Waals surface area contributed by atoms with Crippen LogP contribution < -0.4 is 10.6 Å². The first-order chi connectivity index (χ1) is 16.5. The van der Waals surface area contributed by atoms with Crippen LogP contribution in [0, 0.1) is 6.92 Å². The van der Waals surface area contributed by atoms with Crippen LogP contribution in [0.5, 0.6) is 0 Å². The first-order valence-corrected chi connectivity index (χ1v) is 11.6. The predicted octanol–water partition coefficient (Wildman–Crippen LogP) is 7.36. The zero-order valence-corrected chi connectivity index (χ0v) is 20.0. The van der Waals surface area contributed by atoms with E-state index in [2.05, 4.69) is 26.6 Å². The summed E-state index contributed by atoms with van der Waals surface area (Å²) in [7, 11) is 0. The smallest absolute Gasteiger partial charge is 0.255 e. The number of halogens is 1. The van der Waals surface area contributed by atoms with Gasteiger partial charge < -0.3 is 10.6 Å². The minimum absolute atomic E-state index is 0.156. The molecule has 1 amide bonds. The van der Waals surface area contributed by atoms with Gasteiger partial charge in [-0.1, -0.05) is 58.4 Å². The van der Waals surface area contributed by atoms with Gasteiger partial charge in [-0.15, -0.1) is 0 Å². The topological polar surface area (TPSA) is 66.9 Å². The molecule has 0 bridgehead atoms. The van der Waals surface area contributed by atoms with Crippen molar-refractivity contribution in [2.45, 2.75) is 6.92 Å². The largest absolute Gasteiger partial charge is 0.324 e. The van der Waals surface area contributed by atoms with Gasteiger partial charge in [-0.2, -0.15) is 0 Å². The number of nitrogens with zero attached hydrogens (tertiary/aromatic N) is 2. The van der Waals surface area contributed by atoms with Gasteiger partial charge in [-0.25, -0.2) is 9.97 Å². The molecule has 0 fully saturated rings. The maximum Gasteiger partial charge on any atom is 0.255 e. The third-order valence-corrected chi connectivity index (χ3v) is 5.88. The number of hydrogen-bond donors (Lipinski definition) is 2. The highest BCUT2D eigenvalue weighted by molar-refractivity contribution is 9.10. The van der Waals surface area contributed by atoms with Crippen LogP contribution in [-0.4, -0.2) is 15.9 Å². The Balaban J connectivity index is 1.41. The van der Waals surface area contributed by atoms with E-state index in [4.69, 9.17) is 9.97 Å². The van der Waals surface area contributed by atoms with E-state index in [1.807, 2.05) is 91.9 Å². The van der Waals surface area contributed by atoms with Crippen LogP contribution in [0.25, 0.3) is 22.2 Å². The molecule has 0 saturated carbocycles. The van der Waals surface area contributed by atoms with Gasteiger partial charge in [0.1, 0.15) is 0 Å². The standard InChI is InChI=1S/C28H21BrN4O/c1-18-6-5-9-23(16-18)30-27(34)20-10-13-22(14-11-20)31-28-32-25-15-12-21(29)17-24(25)26(33-28)19-7-3-2-4-8-19/h2-17H,1H3,(H,30,34)(H,31,32,33). The fraction of sp³-hybridized carbons (Fsp3) is 0.0357. The molecular weight excluding hydrogens is 488 g/mol. The predicted molar refractivity (Wildman–Crippen MR) is 142 cm³/mol. The van der Waals surface area contributed by atoms with Gasteiger partial charge in [0, 0.05) is 32.4 Å². The summed E-state index contributed by atoms with van der Waals surface area (Å²) in [6.07, 6.45) is 0. The van der Waals surface area contributed by atoms with Crippen molar-refractivity contribution < 1.29 is 4.79 Å². The lowest BCUT2D eigenvalue weighted by atomic mass is 10.1. The van der Waals surface area contributed by atoms with Gasteiger partial charge >= 0.3 is 0 Å². The Morgan fingerprint density at radius 2 is 1.59 bits per heavy atom. The van der Waals surface area contributed by atoms with Gasteiger partial charge in [0.2, 0.25) is 5.95 Å². The van der Waals surface area contributed by atoms with Crippen LogP contribution in [0.1, 0.15) is 15.9 Å². The molecule has 2 N–H and O–H groups in total. The summed E-state index contributed by atoms with van der Waals surface area (Å²) in [5, 5.41) is 7.18. The fourth-order valence-electron chi connectivity index (χ4n) is 3.73. The van der Waals surface area contributed by atoms with E-state index in [-0.39, 0.29) is 5.91 Å². The fourth-order valence-corrected chi connectivity index (χ4v) is 4.09. The number of amides is 1. The van der Waals surface area contributed by atoms with Crippen molar-refractivity contribution in [2.75, 3.05) is 10.6 Å². The highest BCUT2D eigenvalue weighted by Gasteiger charge is 2.12. The maximum atomic E-state index is 12.6. The molecule has 166 valence electrons. The Bertz CT molecular complexity index is 1480. The maximum absolute atomic E-state index is 12.6. The highest BCUT2D eigenvalue weighted by atomic mass is 79.9. The SMILES string of the molecule is Cc1cccc(NC(=O)c2ccc(Nc3nc(-c4ccccc4)c4cc(Br)ccc4n3)cc2)c1. The van der Waals surface area contributed by atoms with Crippen molar-refractivity contribution >= 4 is 50.1 Å². The van der Waals surface area contributed by atoms with E-state index in [1.165, 1.54) is 0 Å². The van der Waals surface area contributed by atoms with Crippen molar-refractivity contribution in [3.8, 4) is 11.3 Å². The summed E-state index contributed by atoms with van der Waals surface area (Å²) in [6, 6.07) is 31.0. The Kier molecular flexibility index (Phi) is 6.06. The van der Waals surface area contributed by atoms with E-state index in [0.29, 0.717) is 11.5 Å². The lowest BCUT2D eigenvalue weighted by Gasteiger charge is -2.11. The number of carbonyl (C=O) groups excluding carboxylic acids is 1. The number of carbonyl (C=O) groups is 1. The van der Waals surface area contributed by atoms with Gasteiger partial charge in [-0.3, -0.25) is 4.79 Å². The summed E-state index contributed by atoms with van der Waals surface area (Å²) in [5.41, 5.74) is 5.94. The number of benzene rings is 4. The van der Waals surface area contributed by atoms with Crippen molar-refractivity contribution in [1.29, 1.82) is 0 Å². The molecule has 6 heteroatoms. The summed E-state index contributed by atoms with van der Waals surface area (Å²) < 4.78 is 0.973. The average Bonchev–Trinajstić information content (AvgIpc) is 2.85. The minimum Gasteiger partial charge on any atom is -0.324 e. The van der Waals surface area contributed by atoms with Crippen LogP contribution in [0.4, 0.5) is 17.3 Å². The quantitative estimate of drug-likeness (QED) is 0.260. The van der Waals surface area contributed by atoms with Crippen molar-refractivity contribution in [2.24, 2.45) is 0 Å². The van der Waals surface area contributed by atoms with E-state index in [0.717, 1.165) is 43.6 Å². The van der Waals surface area contributed by atoms with Crippen LogP contribution in [0.15, 0.2) is 102 Å². The number of anilines is 3. The molecule has 34 heavy (non-hydrogen) atoms. The molecule has 4 aromatic carbocycles. The van der Waals surface area contributed by atoms with Crippen molar-refractivity contribution in [1.82, 2.24) is 9.97 Å². The molecule has 1 heterocycles. The monoisotopic (exact) mass is 508 g/mol. The minimum atomic E-state index is -0.156. The summed E-state index contributed by atoms with van der Waals surface area (Å²) in [6.45, 7) is 1.99. The molecule has 5 nitrogen and oxygen atoms in total. The van der Waals surface area contributed by atoms with Gasteiger partial charge in [-0.05, 0) is 67.1 Å². The second-order valence-electron chi connectivity index (χ2n) is 7.95. The summed E-state index contributed by atoms with van der Waals surface area (Å²) in [5.74, 6) is 0.335. The van der Waals surface area contributed by atoms with Crippen LogP contribution in [-0.2, 0) is 0 Å². The molecule has 5 rings (SSSR count). The normalized spacial score (nSPS) is 10.8. The number of hydrogen-bond acceptors (Lipinski definition) is 4.